The lowest BCUT2D eigenvalue weighted by Gasteiger charge is -2.22. The first-order chi connectivity index (χ1) is 8.76. The Bertz CT molecular complexity index is 489. The first-order valence-corrected chi connectivity index (χ1v) is 6.62. The summed E-state index contributed by atoms with van der Waals surface area (Å²) in [5, 5.41) is 6.57. The van der Waals surface area contributed by atoms with E-state index in [0.29, 0.717) is 10.1 Å². The maximum atomic E-state index is 11.6. The summed E-state index contributed by atoms with van der Waals surface area (Å²) in [4.78, 5) is 11.6. The Hall–Kier alpha value is -1.39. The van der Waals surface area contributed by atoms with E-state index < -0.39 is 0 Å². The van der Waals surface area contributed by atoms with Crippen LogP contribution in [0.5, 0.6) is 0 Å². The van der Waals surface area contributed by atoms with Crippen LogP contribution in [0.4, 0.5) is 0 Å². The van der Waals surface area contributed by atoms with Gasteiger partial charge in [0.25, 0.3) is 0 Å². The Morgan fingerprint density at radius 1 is 1.26 bits per heavy atom. The van der Waals surface area contributed by atoms with E-state index in [2.05, 4.69) is 10.6 Å². The molecule has 0 unspecified atom stereocenters. The Morgan fingerprint density at radius 3 is 2.37 bits per heavy atom. The molecule has 1 rings (SSSR count). The number of benzene rings is 1. The van der Waals surface area contributed by atoms with E-state index in [1.807, 2.05) is 32.9 Å². The molecule has 0 aliphatic carbocycles. The van der Waals surface area contributed by atoms with Crippen molar-refractivity contribution in [1.82, 2.24) is 10.6 Å². The lowest BCUT2D eigenvalue weighted by Crippen LogP contribution is -2.47. The maximum absolute atomic E-state index is 11.6. The van der Waals surface area contributed by atoms with Gasteiger partial charge >= 0.3 is 0 Å². The standard InChI is InChI=1S/C14H17ClN2OS/c1-14(2,3)17-13(19)16-12(18)9-6-10-4-7-11(15)8-5-10/h4-9H,1-3H3,(H2,16,17,18,19)/b9-6+. The van der Waals surface area contributed by atoms with Crippen LogP contribution in [0.3, 0.4) is 0 Å². The molecule has 0 spiro atoms. The molecule has 1 aromatic rings. The molecular weight excluding hydrogens is 280 g/mol. The van der Waals surface area contributed by atoms with E-state index in [9.17, 15) is 4.79 Å². The van der Waals surface area contributed by atoms with Crippen LogP contribution in [0.2, 0.25) is 5.02 Å². The summed E-state index contributed by atoms with van der Waals surface area (Å²) >= 11 is 10.8. The summed E-state index contributed by atoms with van der Waals surface area (Å²) < 4.78 is 0. The van der Waals surface area contributed by atoms with Crippen molar-refractivity contribution in [3.63, 3.8) is 0 Å². The van der Waals surface area contributed by atoms with E-state index in [0.717, 1.165) is 5.56 Å². The predicted molar refractivity (Wildman–Crippen MR) is 84.1 cm³/mol. The van der Waals surface area contributed by atoms with Gasteiger partial charge in [0.05, 0.1) is 0 Å². The molecule has 0 saturated heterocycles. The summed E-state index contributed by atoms with van der Waals surface area (Å²) in [6, 6.07) is 7.20. The number of thiocarbonyl (C=S) groups is 1. The first-order valence-electron chi connectivity index (χ1n) is 5.83. The van der Waals surface area contributed by atoms with Crippen LogP contribution in [0.1, 0.15) is 26.3 Å². The average molecular weight is 297 g/mol. The Balaban J connectivity index is 2.51. The molecule has 0 radical (unpaired) electrons. The molecule has 1 amide bonds. The Kier molecular flexibility index (Phi) is 5.51. The minimum atomic E-state index is -0.267. The molecule has 0 saturated carbocycles. The Morgan fingerprint density at radius 2 is 1.84 bits per heavy atom. The van der Waals surface area contributed by atoms with Crippen LogP contribution in [-0.2, 0) is 4.79 Å². The highest BCUT2D eigenvalue weighted by molar-refractivity contribution is 7.80. The summed E-state index contributed by atoms with van der Waals surface area (Å²) in [5.41, 5.74) is 0.721. The predicted octanol–water partition coefficient (Wildman–Crippen LogP) is 3.14. The fourth-order valence-electron chi connectivity index (χ4n) is 1.27. The number of carbonyl (C=O) groups excluding carboxylic acids is 1. The van der Waals surface area contributed by atoms with Gasteiger partial charge in [-0.05, 0) is 56.8 Å². The van der Waals surface area contributed by atoms with Gasteiger partial charge in [-0.15, -0.1) is 0 Å². The quantitative estimate of drug-likeness (QED) is 0.651. The van der Waals surface area contributed by atoms with Crippen LogP contribution >= 0.6 is 23.8 Å². The van der Waals surface area contributed by atoms with Gasteiger partial charge in [-0.2, -0.15) is 0 Å². The first kappa shape index (κ1) is 15.7. The molecule has 0 atom stereocenters. The SMILES string of the molecule is CC(C)(C)NC(=S)NC(=O)/C=C/c1ccc(Cl)cc1. The lowest BCUT2D eigenvalue weighted by atomic mass is 10.1. The summed E-state index contributed by atoms with van der Waals surface area (Å²) in [6.45, 7) is 5.90. The minimum Gasteiger partial charge on any atom is -0.358 e. The fourth-order valence-corrected chi connectivity index (χ4v) is 1.80. The van der Waals surface area contributed by atoms with Gasteiger partial charge in [0.2, 0.25) is 5.91 Å². The number of rotatable bonds is 2. The second-order valence-electron chi connectivity index (χ2n) is 5.08. The summed E-state index contributed by atoms with van der Waals surface area (Å²) in [6.07, 6.45) is 3.13. The molecule has 19 heavy (non-hydrogen) atoms. The molecule has 3 nitrogen and oxygen atoms in total. The van der Waals surface area contributed by atoms with Crippen molar-refractivity contribution in [2.45, 2.75) is 26.3 Å². The number of hydrogen-bond donors (Lipinski definition) is 2. The monoisotopic (exact) mass is 296 g/mol. The van der Waals surface area contributed by atoms with Crippen molar-refractivity contribution < 1.29 is 4.79 Å². The van der Waals surface area contributed by atoms with Crippen LogP contribution in [0, 0.1) is 0 Å². The van der Waals surface area contributed by atoms with Crippen LogP contribution in [-0.4, -0.2) is 16.6 Å². The molecule has 0 fully saturated rings. The normalized spacial score (nSPS) is 11.4. The van der Waals surface area contributed by atoms with Crippen molar-refractivity contribution in [2.24, 2.45) is 0 Å². The second kappa shape index (κ2) is 6.68. The zero-order chi connectivity index (χ0) is 14.5. The Labute approximate surface area is 124 Å². The molecule has 0 aromatic heterocycles. The molecule has 2 N–H and O–H groups in total. The zero-order valence-corrected chi connectivity index (χ0v) is 12.7. The average Bonchev–Trinajstić information content (AvgIpc) is 2.25. The minimum absolute atomic E-state index is 0.176. The van der Waals surface area contributed by atoms with Gasteiger partial charge < -0.3 is 5.32 Å². The van der Waals surface area contributed by atoms with Gasteiger partial charge in [0.1, 0.15) is 0 Å². The zero-order valence-electron chi connectivity index (χ0n) is 11.2. The number of nitrogens with one attached hydrogen (secondary N) is 2. The molecule has 0 aliphatic rings. The van der Waals surface area contributed by atoms with Crippen LogP contribution in [0.25, 0.3) is 6.08 Å². The van der Waals surface area contributed by atoms with E-state index in [1.165, 1.54) is 6.08 Å². The highest BCUT2D eigenvalue weighted by Crippen LogP contribution is 2.10. The van der Waals surface area contributed by atoms with Crippen molar-refractivity contribution >= 4 is 40.9 Å². The van der Waals surface area contributed by atoms with Crippen LogP contribution < -0.4 is 10.6 Å². The summed E-state index contributed by atoms with van der Waals surface area (Å²) in [5.74, 6) is -0.267. The number of carbonyl (C=O) groups is 1. The summed E-state index contributed by atoms with van der Waals surface area (Å²) in [7, 11) is 0. The van der Waals surface area contributed by atoms with Gasteiger partial charge in [0, 0.05) is 16.6 Å². The van der Waals surface area contributed by atoms with Crippen molar-refractivity contribution in [1.29, 1.82) is 0 Å². The number of halogens is 1. The molecule has 0 heterocycles. The molecule has 5 heteroatoms. The number of hydrogen-bond acceptors (Lipinski definition) is 2. The highest BCUT2D eigenvalue weighted by atomic mass is 35.5. The van der Waals surface area contributed by atoms with E-state index >= 15 is 0 Å². The smallest absolute Gasteiger partial charge is 0.250 e. The fraction of sp³-hybridized carbons (Fsp3) is 0.286. The topological polar surface area (TPSA) is 41.1 Å². The third kappa shape index (κ3) is 6.94. The molecule has 102 valence electrons. The van der Waals surface area contributed by atoms with Gasteiger partial charge in [-0.3, -0.25) is 10.1 Å². The van der Waals surface area contributed by atoms with Crippen molar-refractivity contribution in [3.8, 4) is 0 Å². The van der Waals surface area contributed by atoms with E-state index in [1.54, 1.807) is 18.2 Å². The molecular formula is C14H17ClN2OS. The second-order valence-corrected chi connectivity index (χ2v) is 5.92. The maximum Gasteiger partial charge on any atom is 0.250 e. The van der Waals surface area contributed by atoms with E-state index in [-0.39, 0.29) is 11.4 Å². The van der Waals surface area contributed by atoms with Crippen molar-refractivity contribution in [3.05, 3.63) is 40.9 Å². The van der Waals surface area contributed by atoms with E-state index in [4.69, 9.17) is 23.8 Å². The lowest BCUT2D eigenvalue weighted by molar-refractivity contribution is -0.115. The van der Waals surface area contributed by atoms with Crippen LogP contribution in [0.15, 0.2) is 30.3 Å². The number of amides is 1. The molecule has 0 bridgehead atoms. The molecule has 1 aromatic carbocycles. The highest BCUT2D eigenvalue weighted by Gasteiger charge is 2.11. The largest absolute Gasteiger partial charge is 0.358 e. The third-order valence-corrected chi connectivity index (χ3v) is 2.48. The van der Waals surface area contributed by atoms with Gasteiger partial charge in [0.15, 0.2) is 5.11 Å². The van der Waals surface area contributed by atoms with Gasteiger partial charge in [-0.25, -0.2) is 0 Å². The molecule has 0 aliphatic heterocycles. The third-order valence-electron chi connectivity index (χ3n) is 2.02. The van der Waals surface area contributed by atoms with Gasteiger partial charge in [-0.1, -0.05) is 23.7 Å². The van der Waals surface area contributed by atoms with Crippen molar-refractivity contribution in [2.75, 3.05) is 0 Å².